The second-order valence-corrected chi connectivity index (χ2v) is 21.3. The Hall–Kier alpha value is -5.07. The molecule has 5 aliphatic rings. The summed E-state index contributed by atoms with van der Waals surface area (Å²) in [4.78, 5) is 42.9. The minimum absolute atomic E-state index is 0.0454. The third kappa shape index (κ3) is 12.2. The van der Waals surface area contributed by atoms with Crippen LogP contribution in [0.1, 0.15) is 160 Å². The normalized spacial score (nSPS) is 27.4. The predicted molar refractivity (Wildman–Crippen MR) is 270 cm³/mol. The number of likely N-dealkylation sites (N-methyl/N-ethyl adjacent to an activating group) is 1. The van der Waals surface area contributed by atoms with Gasteiger partial charge in [0.2, 0.25) is 0 Å². The third-order valence-electron chi connectivity index (χ3n) is 15.8. The van der Waals surface area contributed by atoms with Gasteiger partial charge in [-0.15, -0.1) is 0 Å². The molecule has 0 aromatic heterocycles. The number of esters is 2. The lowest BCUT2D eigenvalue weighted by Crippen LogP contribution is -2.54. The van der Waals surface area contributed by atoms with Crippen molar-refractivity contribution in [3.05, 3.63) is 99.1 Å². The van der Waals surface area contributed by atoms with Gasteiger partial charge in [0.25, 0.3) is 0 Å². The van der Waals surface area contributed by atoms with E-state index in [2.05, 4.69) is 22.5 Å². The number of anilines is 1. The molecule has 3 aromatic rings. The number of hydrogen-bond donors (Lipinski definition) is 7. The van der Waals surface area contributed by atoms with Gasteiger partial charge in [-0.05, 0) is 123 Å². The van der Waals surface area contributed by atoms with Crippen LogP contribution in [0, 0.1) is 23.7 Å². The van der Waals surface area contributed by atoms with Gasteiger partial charge < -0.3 is 50.4 Å². The fourth-order valence-electron chi connectivity index (χ4n) is 11.9. The number of carbonyl (C=O) groups is 3. The molecule has 71 heavy (non-hydrogen) atoms. The number of carbonyl (C=O) groups excluding carboxylic acids is 3. The van der Waals surface area contributed by atoms with Gasteiger partial charge in [0.05, 0.1) is 30.1 Å². The summed E-state index contributed by atoms with van der Waals surface area (Å²) in [5.41, 5.74) is 2.49. The standard InChI is InChI=1S/C58H74N2O11/c1-5-18-58(68)45-16-17-49(62)41(26-45)22-35-10-9-11-36(21-35)23-47(61)29-44-24-38(40-25-42(50(63)33-59-3)28-46(27-40)60-34-57(2,67)19-20-69-4)14-15-39-32-52(64)71-55-48(39)30-43(31-51(58)70-56(44)66)54(65)53(55)37-12-7-6-8-13-37/h9-11,21,25,27-30,37-39,41,45,47,50-51,59-61,63,65,67-68H,5-8,12-13,16-20,22-24,26,31-34H2,1-4H3. The van der Waals surface area contributed by atoms with Crippen molar-refractivity contribution in [3.63, 3.8) is 0 Å². The van der Waals surface area contributed by atoms with Gasteiger partial charge in [-0.25, -0.2) is 4.79 Å². The lowest BCUT2D eigenvalue weighted by atomic mass is 9.66. The minimum Gasteiger partial charge on any atom is -0.507 e. The summed E-state index contributed by atoms with van der Waals surface area (Å²) in [7, 11) is 3.32. The maximum atomic E-state index is 15.4. The molecule has 2 aliphatic carbocycles. The third-order valence-corrected chi connectivity index (χ3v) is 15.8. The number of Topliss-reactive ketones (excluding diaryl/α,β-unsaturated/α-hetero) is 1. The van der Waals surface area contributed by atoms with Crippen molar-refractivity contribution in [1.82, 2.24) is 5.32 Å². The maximum Gasteiger partial charge on any atom is 0.334 e. The summed E-state index contributed by atoms with van der Waals surface area (Å²) < 4.78 is 18.1. The lowest BCUT2D eigenvalue weighted by molar-refractivity contribution is -0.176. The van der Waals surface area contributed by atoms with Crippen molar-refractivity contribution in [1.29, 1.82) is 0 Å². The molecule has 8 bridgehead atoms. The Bertz CT molecular complexity index is 2520. The van der Waals surface area contributed by atoms with Gasteiger partial charge in [0.15, 0.2) is 0 Å². The van der Waals surface area contributed by atoms with Gasteiger partial charge in [-0.3, -0.25) is 9.59 Å². The van der Waals surface area contributed by atoms with E-state index in [1.54, 1.807) is 21.1 Å². The van der Waals surface area contributed by atoms with Crippen molar-refractivity contribution in [2.24, 2.45) is 11.8 Å². The number of rotatable bonds is 13. The summed E-state index contributed by atoms with van der Waals surface area (Å²) >= 11 is 0. The summed E-state index contributed by atoms with van der Waals surface area (Å²) in [6.07, 6.45) is 5.27. The Morgan fingerprint density at radius 1 is 0.944 bits per heavy atom. The fourth-order valence-corrected chi connectivity index (χ4v) is 11.9. The molecular weight excluding hydrogens is 901 g/mol. The number of ketones is 1. The minimum atomic E-state index is -1.65. The summed E-state index contributed by atoms with van der Waals surface area (Å²) in [6.45, 7) is 4.41. The van der Waals surface area contributed by atoms with E-state index in [4.69, 9.17) is 14.2 Å². The highest BCUT2D eigenvalue weighted by molar-refractivity contribution is 5.89. The second kappa shape index (κ2) is 22.8. The van der Waals surface area contributed by atoms with Crippen LogP contribution in [0.2, 0.25) is 0 Å². The number of methoxy groups -OCH3 is 1. The Labute approximate surface area is 418 Å². The molecule has 0 amide bonds. The van der Waals surface area contributed by atoms with Crippen LogP contribution in [0.15, 0.2) is 60.2 Å². The Morgan fingerprint density at radius 3 is 2.45 bits per heavy atom. The smallest absolute Gasteiger partial charge is 0.334 e. The zero-order valence-corrected chi connectivity index (χ0v) is 41.9. The molecule has 9 atom stereocenters. The second-order valence-electron chi connectivity index (χ2n) is 21.3. The quantitative estimate of drug-likeness (QED) is 0.0504. The largest absolute Gasteiger partial charge is 0.507 e. The fraction of sp³-hybridized carbons (Fsp3) is 0.569. The van der Waals surface area contributed by atoms with E-state index < -0.39 is 59.2 Å². The first-order chi connectivity index (χ1) is 34.1. The SMILES string of the molecule is CCCC1(O)C2CCC(=O)C(Cc3cccc(c3)CC(O)C=C3CC(c4cc(NCC(C)(O)CCOC)cc(C(O)CNC)c4)C#CC4CC(=O)Oc5c4cc(c(O)c5C4CCCCC4)CC1OC3=O)C2. The zero-order chi connectivity index (χ0) is 50.5. The van der Waals surface area contributed by atoms with Crippen molar-refractivity contribution in [2.45, 2.75) is 164 Å². The van der Waals surface area contributed by atoms with E-state index in [0.717, 1.165) is 43.2 Å². The number of phenols is 1. The van der Waals surface area contributed by atoms with Crippen LogP contribution in [0.3, 0.4) is 0 Å². The molecule has 8 rings (SSSR count). The average molecular weight is 975 g/mol. The topological polar surface area (TPSA) is 204 Å². The number of aliphatic hydroxyl groups is 4. The van der Waals surface area contributed by atoms with E-state index in [1.807, 2.05) is 55.5 Å². The molecule has 7 N–H and O–H groups in total. The zero-order valence-electron chi connectivity index (χ0n) is 41.9. The number of nitrogens with one attached hydrogen (secondary N) is 2. The van der Waals surface area contributed by atoms with Crippen LogP contribution in [-0.2, 0) is 43.1 Å². The molecule has 0 spiro atoms. The first-order valence-electron chi connectivity index (χ1n) is 26.0. The van der Waals surface area contributed by atoms with Gasteiger partial charge in [-0.2, -0.15) is 0 Å². The van der Waals surface area contributed by atoms with Gasteiger partial charge in [-0.1, -0.05) is 74.8 Å². The maximum absolute atomic E-state index is 15.4. The molecule has 0 radical (unpaired) electrons. The van der Waals surface area contributed by atoms with Crippen LogP contribution in [0.4, 0.5) is 5.69 Å². The lowest BCUT2D eigenvalue weighted by Gasteiger charge is -2.45. The Balaban J connectivity index is 1.35. The number of phenolic OH excluding ortho intramolecular Hbond substituents is 1. The highest BCUT2D eigenvalue weighted by atomic mass is 16.6. The van der Waals surface area contributed by atoms with E-state index in [-0.39, 0.29) is 80.6 Å². The Kier molecular flexibility index (Phi) is 16.8. The molecular formula is C58H74N2O11. The average Bonchev–Trinajstić information content (AvgIpc) is 3.35. The molecule has 382 valence electrons. The first-order valence-corrected chi connectivity index (χ1v) is 26.0. The number of aliphatic hydroxyl groups excluding tert-OH is 2. The molecule has 3 heterocycles. The van der Waals surface area contributed by atoms with E-state index >= 15 is 4.79 Å². The number of aromatic hydroxyl groups is 1. The molecule has 0 saturated heterocycles. The van der Waals surface area contributed by atoms with Crippen LogP contribution < -0.4 is 15.4 Å². The van der Waals surface area contributed by atoms with Gasteiger partial charge in [0.1, 0.15) is 29.0 Å². The molecule has 13 nitrogen and oxygen atoms in total. The summed E-state index contributed by atoms with van der Waals surface area (Å²) in [6, 6.07) is 15.2. The molecule has 2 fully saturated rings. The molecule has 3 aromatic carbocycles. The van der Waals surface area contributed by atoms with E-state index in [1.165, 1.54) is 6.08 Å². The van der Waals surface area contributed by atoms with Crippen LogP contribution in [0.5, 0.6) is 11.5 Å². The molecule has 13 heteroatoms. The number of ether oxygens (including phenoxy) is 3. The summed E-state index contributed by atoms with van der Waals surface area (Å²) in [5, 5.41) is 67.2. The van der Waals surface area contributed by atoms with Crippen LogP contribution in [-0.4, -0.2) is 101 Å². The van der Waals surface area contributed by atoms with Gasteiger partial charge >= 0.3 is 11.9 Å². The van der Waals surface area contributed by atoms with Crippen LogP contribution in [0.25, 0.3) is 0 Å². The highest BCUT2D eigenvalue weighted by Crippen LogP contribution is 2.51. The number of benzene rings is 3. The van der Waals surface area contributed by atoms with Crippen molar-refractivity contribution >= 4 is 23.4 Å². The van der Waals surface area contributed by atoms with E-state index in [0.29, 0.717) is 78.0 Å². The first kappa shape index (κ1) is 52.3. The van der Waals surface area contributed by atoms with Gasteiger partial charge in [0, 0.05) is 86.7 Å². The molecule has 3 aliphatic heterocycles. The van der Waals surface area contributed by atoms with Crippen molar-refractivity contribution in [2.75, 3.05) is 39.2 Å². The number of fused-ring (bicyclic) bond motifs is 8. The number of hydrogen-bond acceptors (Lipinski definition) is 13. The predicted octanol–water partition coefficient (Wildman–Crippen LogP) is 7.53. The van der Waals surface area contributed by atoms with E-state index in [9.17, 15) is 35.1 Å². The monoisotopic (exact) mass is 975 g/mol. The molecule has 9 unspecified atom stereocenters. The summed E-state index contributed by atoms with van der Waals surface area (Å²) in [5.74, 6) is 3.69. The Morgan fingerprint density at radius 2 is 1.70 bits per heavy atom. The highest BCUT2D eigenvalue weighted by Gasteiger charge is 2.49. The van der Waals surface area contributed by atoms with Crippen molar-refractivity contribution < 1.29 is 54.1 Å². The molecule has 2 saturated carbocycles. The van der Waals surface area contributed by atoms with Crippen molar-refractivity contribution in [3.8, 4) is 23.3 Å². The van der Waals surface area contributed by atoms with Crippen LogP contribution >= 0.6 is 0 Å².